The molecule has 0 radical (unpaired) electrons. The number of nitrogens with zero attached hydrogens (tertiary/aromatic N) is 1. The van der Waals surface area contributed by atoms with Crippen LogP contribution < -0.4 is 5.32 Å². The zero-order valence-electron chi connectivity index (χ0n) is 8.96. The summed E-state index contributed by atoms with van der Waals surface area (Å²) in [5.74, 6) is 1.76. The van der Waals surface area contributed by atoms with Crippen LogP contribution in [-0.4, -0.2) is 37.0 Å². The lowest BCUT2D eigenvalue weighted by Crippen LogP contribution is -2.45. The third-order valence-corrected chi connectivity index (χ3v) is 3.55. The number of nitrogens with one attached hydrogen (secondary N) is 1. The summed E-state index contributed by atoms with van der Waals surface area (Å²) in [7, 11) is 0. The molecule has 1 unspecified atom stereocenters. The van der Waals surface area contributed by atoms with Crippen LogP contribution >= 0.6 is 0 Å². The summed E-state index contributed by atoms with van der Waals surface area (Å²) < 4.78 is 0. The lowest BCUT2D eigenvalue weighted by atomic mass is 9.99. The SMILES string of the molecule is CCC1CCN(C(=O)CC2CNC2)C1. The van der Waals surface area contributed by atoms with Crippen LogP contribution in [0.1, 0.15) is 26.2 Å². The normalized spacial score (nSPS) is 27.8. The first-order chi connectivity index (χ1) is 6.79. The highest BCUT2D eigenvalue weighted by Crippen LogP contribution is 2.21. The molecule has 14 heavy (non-hydrogen) atoms. The average molecular weight is 196 g/mol. The number of hydrogen-bond acceptors (Lipinski definition) is 2. The van der Waals surface area contributed by atoms with Gasteiger partial charge < -0.3 is 10.2 Å². The second-order valence-electron chi connectivity index (χ2n) is 4.63. The van der Waals surface area contributed by atoms with Crippen LogP contribution in [-0.2, 0) is 4.79 Å². The summed E-state index contributed by atoms with van der Waals surface area (Å²) >= 11 is 0. The predicted molar refractivity (Wildman–Crippen MR) is 56.0 cm³/mol. The number of likely N-dealkylation sites (tertiary alicyclic amines) is 1. The molecule has 2 heterocycles. The number of hydrogen-bond donors (Lipinski definition) is 1. The fourth-order valence-electron chi connectivity index (χ4n) is 2.26. The Hall–Kier alpha value is -0.570. The fraction of sp³-hybridized carbons (Fsp3) is 0.909. The zero-order valence-corrected chi connectivity index (χ0v) is 8.96. The van der Waals surface area contributed by atoms with Gasteiger partial charge in [0.25, 0.3) is 0 Å². The first-order valence-electron chi connectivity index (χ1n) is 5.78. The molecular weight excluding hydrogens is 176 g/mol. The molecule has 1 atom stereocenters. The first-order valence-corrected chi connectivity index (χ1v) is 5.78. The van der Waals surface area contributed by atoms with Gasteiger partial charge in [0.1, 0.15) is 0 Å². The van der Waals surface area contributed by atoms with Gasteiger partial charge in [-0.2, -0.15) is 0 Å². The number of carbonyl (C=O) groups is 1. The van der Waals surface area contributed by atoms with E-state index in [1.807, 2.05) is 0 Å². The van der Waals surface area contributed by atoms with Gasteiger partial charge in [0.15, 0.2) is 0 Å². The van der Waals surface area contributed by atoms with Crippen LogP contribution in [0.5, 0.6) is 0 Å². The molecule has 0 bridgehead atoms. The number of rotatable bonds is 3. The highest BCUT2D eigenvalue weighted by molar-refractivity contribution is 5.76. The second-order valence-corrected chi connectivity index (χ2v) is 4.63. The van der Waals surface area contributed by atoms with E-state index in [1.54, 1.807) is 0 Å². The van der Waals surface area contributed by atoms with Gasteiger partial charge >= 0.3 is 0 Å². The molecule has 80 valence electrons. The van der Waals surface area contributed by atoms with Gasteiger partial charge in [0.2, 0.25) is 5.91 Å². The van der Waals surface area contributed by atoms with E-state index >= 15 is 0 Å². The number of amides is 1. The quantitative estimate of drug-likeness (QED) is 0.726. The lowest BCUT2D eigenvalue weighted by molar-refractivity contribution is -0.131. The first kappa shape index (κ1) is 9.97. The molecule has 0 saturated carbocycles. The van der Waals surface area contributed by atoms with Gasteiger partial charge in [-0.15, -0.1) is 0 Å². The van der Waals surface area contributed by atoms with Crippen molar-refractivity contribution in [2.75, 3.05) is 26.2 Å². The van der Waals surface area contributed by atoms with Gasteiger partial charge in [0, 0.05) is 19.5 Å². The van der Waals surface area contributed by atoms with Crippen LogP contribution in [0.15, 0.2) is 0 Å². The molecule has 0 aliphatic carbocycles. The van der Waals surface area contributed by atoms with E-state index in [1.165, 1.54) is 12.8 Å². The van der Waals surface area contributed by atoms with E-state index in [0.717, 1.165) is 38.5 Å². The summed E-state index contributed by atoms with van der Waals surface area (Å²) in [6.07, 6.45) is 3.20. The van der Waals surface area contributed by atoms with Crippen molar-refractivity contribution in [3.63, 3.8) is 0 Å². The molecule has 1 N–H and O–H groups in total. The molecule has 2 fully saturated rings. The Labute approximate surface area is 85.8 Å². The van der Waals surface area contributed by atoms with Crippen LogP contribution in [0, 0.1) is 11.8 Å². The van der Waals surface area contributed by atoms with Crippen LogP contribution in [0.25, 0.3) is 0 Å². The Morgan fingerprint density at radius 2 is 2.21 bits per heavy atom. The minimum atomic E-state index is 0.382. The summed E-state index contributed by atoms with van der Waals surface area (Å²) in [4.78, 5) is 13.9. The Morgan fingerprint density at radius 3 is 2.71 bits per heavy atom. The zero-order chi connectivity index (χ0) is 9.97. The summed E-state index contributed by atoms with van der Waals surface area (Å²) in [6.45, 7) is 6.30. The van der Waals surface area contributed by atoms with Crippen LogP contribution in [0.4, 0.5) is 0 Å². The van der Waals surface area contributed by atoms with Crippen molar-refractivity contribution in [1.82, 2.24) is 10.2 Å². The van der Waals surface area contributed by atoms with Crippen molar-refractivity contribution in [2.24, 2.45) is 11.8 Å². The molecule has 2 saturated heterocycles. The van der Waals surface area contributed by atoms with Crippen molar-refractivity contribution in [1.29, 1.82) is 0 Å². The molecule has 0 aromatic rings. The Bertz CT molecular complexity index is 213. The monoisotopic (exact) mass is 196 g/mol. The molecule has 3 heteroatoms. The molecule has 0 spiro atoms. The van der Waals surface area contributed by atoms with Crippen LogP contribution in [0.2, 0.25) is 0 Å². The second kappa shape index (κ2) is 4.30. The Kier molecular flexibility index (Phi) is 3.06. The van der Waals surface area contributed by atoms with Crippen molar-refractivity contribution in [3.05, 3.63) is 0 Å². The lowest BCUT2D eigenvalue weighted by Gasteiger charge is -2.28. The average Bonchev–Trinajstić information content (AvgIpc) is 2.59. The Balaban J connectivity index is 1.74. The maximum Gasteiger partial charge on any atom is 0.222 e. The standard InChI is InChI=1S/C11H20N2O/c1-2-9-3-4-13(8-9)11(14)5-10-6-12-7-10/h9-10,12H,2-8H2,1H3. The molecule has 3 nitrogen and oxygen atoms in total. The van der Waals surface area contributed by atoms with Crippen molar-refractivity contribution in [3.8, 4) is 0 Å². The topological polar surface area (TPSA) is 32.3 Å². The van der Waals surface area contributed by atoms with Gasteiger partial charge in [-0.25, -0.2) is 0 Å². The smallest absolute Gasteiger partial charge is 0.222 e. The summed E-state index contributed by atoms with van der Waals surface area (Å²) in [5, 5.41) is 3.21. The van der Waals surface area contributed by atoms with Gasteiger partial charge in [0.05, 0.1) is 0 Å². The molecule has 0 aromatic carbocycles. The van der Waals surface area contributed by atoms with E-state index in [2.05, 4.69) is 17.1 Å². The van der Waals surface area contributed by atoms with E-state index in [0.29, 0.717) is 11.8 Å². The largest absolute Gasteiger partial charge is 0.342 e. The molecule has 2 aliphatic heterocycles. The minimum Gasteiger partial charge on any atom is -0.342 e. The summed E-state index contributed by atoms with van der Waals surface area (Å²) in [5.41, 5.74) is 0. The summed E-state index contributed by atoms with van der Waals surface area (Å²) in [6, 6.07) is 0. The van der Waals surface area contributed by atoms with Crippen molar-refractivity contribution >= 4 is 5.91 Å². The molecule has 2 aliphatic rings. The van der Waals surface area contributed by atoms with E-state index < -0.39 is 0 Å². The highest BCUT2D eigenvalue weighted by Gasteiger charge is 2.28. The third-order valence-electron chi connectivity index (χ3n) is 3.55. The van der Waals surface area contributed by atoms with E-state index in [-0.39, 0.29) is 0 Å². The molecule has 1 amide bonds. The number of carbonyl (C=O) groups excluding carboxylic acids is 1. The molecule has 2 rings (SSSR count). The fourth-order valence-corrected chi connectivity index (χ4v) is 2.26. The molecular formula is C11H20N2O. The van der Waals surface area contributed by atoms with Gasteiger partial charge in [-0.3, -0.25) is 4.79 Å². The third kappa shape index (κ3) is 2.08. The van der Waals surface area contributed by atoms with Crippen LogP contribution in [0.3, 0.4) is 0 Å². The maximum atomic E-state index is 11.8. The highest BCUT2D eigenvalue weighted by atomic mass is 16.2. The van der Waals surface area contributed by atoms with Crippen molar-refractivity contribution in [2.45, 2.75) is 26.2 Å². The van der Waals surface area contributed by atoms with E-state index in [9.17, 15) is 4.79 Å². The predicted octanol–water partition coefficient (Wildman–Crippen LogP) is 0.854. The van der Waals surface area contributed by atoms with E-state index in [4.69, 9.17) is 0 Å². The maximum absolute atomic E-state index is 11.8. The van der Waals surface area contributed by atoms with Gasteiger partial charge in [-0.05, 0) is 31.3 Å². The molecule has 0 aromatic heterocycles. The van der Waals surface area contributed by atoms with Crippen molar-refractivity contribution < 1.29 is 4.79 Å². The van der Waals surface area contributed by atoms with Gasteiger partial charge in [-0.1, -0.05) is 13.3 Å². The minimum absolute atomic E-state index is 0.382. The Morgan fingerprint density at radius 1 is 1.43 bits per heavy atom.